The van der Waals surface area contributed by atoms with Crippen LogP contribution in [-0.2, 0) is 14.3 Å². The third kappa shape index (κ3) is 3.95. The summed E-state index contributed by atoms with van der Waals surface area (Å²) in [5, 5.41) is 4.19. The van der Waals surface area contributed by atoms with Crippen LogP contribution in [0.2, 0.25) is 0 Å². The van der Waals surface area contributed by atoms with Gasteiger partial charge < -0.3 is 20.5 Å². The van der Waals surface area contributed by atoms with E-state index >= 15 is 0 Å². The van der Waals surface area contributed by atoms with Crippen LogP contribution < -0.4 is 11.1 Å². The van der Waals surface area contributed by atoms with Crippen LogP contribution in [0.15, 0.2) is 11.1 Å². The van der Waals surface area contributed by atoms with E-state index in [0.29, 0.717) is 34.6 Å². The molecule has 0 unspecified atom stereocenters. The van der Waals surface area contributed by atoms with Gasteiger partial charge in [0.25, 0.3) is 0 Å². The predicted octanol–water partition coefficient (Wildman–Crippen LogP) is 4.64. The Morgan fingerprint density at radius 3 is 2.86 bits per heavy atom. The predicted molar refractivity (Wildman–Crippen MR) is 141 cm³/mol. The van der Waals surface area contributed by atoms with Crippen LogP contribution in [0.3, 0.4) is 0 Å². The molecule has 5 fully saturated rings. The van der Waals surface area contributed by atoms with E-state index in [4.69, 9.17) is 27.8 Å². The van der Waals surface area contributed by atoms with Crippen LogP contribution in [0.1, 0.15) is 85.0 Å². The molecule has 2 heterocycles. The first-order valence-electron chi connectivity index (χ1n) is 14.4. The van der Waals surface area contributed by atoms with Gasteiger partial charge in [-0.2, -0.15) is 12.6 Å². The molecule has 6 rings (SSSR count). The van der Waals surface area contributed by atoms with Crippen molar-refractivity contribution >= 4 is 18.6 Å². The summed E-state index contributed by atoms with van der Waals surface area (Å²) in [6, 6.07) is 0.486. The largest absolute Gasteiger partial charge is 0.461 e. The number of fused-ring (bicyclic) bond motifs is 6. The van der Waals surface area contributed by atoms with Gasteiger partial charge in [0.1, 0.15) is 6.10 Å². The Kier molecular flexibility index (Phi) is 6.38. The Morgan fingerprint density at radius 1 is 1.23 bits per heavy atom. The maximum absolute atomic E-state index is 11.8. The zero-order chi connectivity index (χ0) is 24.5. The highest BCUT2D eigenvalue weighted by atomic mass is 32.1. The number of nitrogens with one attached hydrogen (secondary N) is 1. The maximum Gasteiger partial charge on any atom is 0.319 e. The number of esters is 1. The minimum absolute atomic E-state index is 0.00310. The summed E-state index contributed by atoms with van der Waals surface area (Å²) >= 11 is 4.76. The molecule has 35 heavy (non-hydrogen) atoms. The summed E-state index contributed by atoms with van der Waals surface area (Å²) in [6.45, 7) is 8.45. The maximum atomic E-state index is 11.8. The lowest BCUT2D eigenvalue weighted by Gasteiger charge is -2.54. The van der Waals surface area contributed by atoms with Crippen LogP contribution in [0, 0.1) is 35.0 Å². The standard InChI is InChI=1S/C29H46N2O3S/c1-16-13-29(17(2)27-25(34-29)11-20(35)15-31-27)9-7-21-22-5-4-18-10-19(33-26(32)14-30)6-8-28(18,3)24(22)12-23(16)21/h17-22,24-25,27,31,35H,4-15,30H2,1-3H3/t17-,18-,19-,20+,21+,22+,24+,25-,27+,28+,29+/m1/s1. The van der Waals surface area contributed by atoms with Crippen LogP contribution >= 0.6 is 12.6 Å². The average molecular weight is 503 g/mol. The minimum atomic E-state index is -0.242. The topological polar surface area (TPSA) is 73.6 Å². The summed E-state index contributed by atoms with van der Waals surface area (Å²) in [5.41, 5.74) is 9.32. The first kappa shape index (κ1) is 24.8. The Bertz CT molecular complexity index is 893. The number of allylic oxidation sites excluding steroid dienone is 1. The highest BCUT2D eigenvalue weighted by Gasteiger charge is 2.59. The number of thiol groups is 1. The van der Waals surface area contributed by atoms with Crippen LogP contribution in [0.5, 0.6) is 0 Å². The molecule has 0 bridgehead atoms. The molecule has 1 spiro atoms. The Labute approximate surface area is 217 Å². The minimum Gasteiger partial charge on any atom is -0.461 e. The van der Waals surface area contributed by atoms with Gasteiger partial charge in [0.2, 0.25) is 0 Å². The molecular formula is C29H46N2O3S. The third-order valence-corrected chi connectivity index (χ3v) is 12.2. The summed E-state index contributed by atoms with van der Waals surface area (Å²) < 4.78 is 12.7. The Hall–Kier alpha value is -0.560. The first-order chi connectivity index (χ1) is 16.7. The number of ether oxygens (including phenoxy) is 2. The second kappa shape index (κ2) is 9.03. The van der Waals surface area contributed by atoms with E-state index in [2.05, 4.69) is 26.1 Å². The molecular weight excluding hydrogens is 456 g/mol. The molecule has 196 valence electrons. The molecule has 0 amide bonds. The van der Waals surface area contributed by atoms with Crippen molar-refractivity contribution in [2.75, 3.05) is 13.1 Å². The summed E-state index contributed by atoms with van der Waals surface area (Å²) in [6.07, 6.45) is 12.2. The first-order valence-corrected chi connectivity index (χ1v) is 14.9. The van der Waals surface area contributed by atoms with Crippen LogP contribution in [0.4, 0.5) is 0 Å². The monoisotopic (exact) mass is 502 g/mol. The fourth-order valence-electron chi connectivity index (χ4n) is 9.93. The molecule has 11 atom stereocenters. The van der Waals surface area contributed by atoms with Crippen molar-refractivity contribution in [2.24, 2.45) is 40.7 Å². The van der Waals surface area contributed by atoms with Gasteiger partial charge >= 0.3 is 5.97 Å². The molecule has 0 aromatic heterocycles. The van der Waals surface area contributed by atoms with Crippen LogP contribution in [0.25, 0.3) is 0 Å². The molecule has 6 heteroatoms. The molecule has 3 N–H and O–H groups in total. The number of carbonyl (C=O) groups is 1. The lowest BCUT2D eigenvalue weighted by molar-refractivity contribution is -0.155. The molecule has 0 radical (unpaired) electrons. The molecule has 5 nitrogen and oxygen atoms in total. The van der Waals surface area contributed by atoms with E-state index in [-0.39, 0.29) is 24.2 Å². The molecule has 6 aliphatic rings. The number of nitrogens with two attached hydrogens (primary N) is 1. The molecule has 0 aromatic carbocycles. The van der Waals surface area contributed by atoms with E-state index in [9.17, 15) is 4.79 Å². The van der Waals surface area contributed by atoms with Crippen molar-refractivity contribution in [3.05, 3.63) is 11.1 Å². The van der Waals surface area contributed by atoms with E-state index < -0.39 is 0 Å². The molecule has 2 saturated heterocycles. The van der Waals surface area contributed by atoms with Crippen molar-refractivity contribution in [2.45, 2.75) is 114 Å². The van der Waals surface area contributed by atoms with Crippen molar-refractivity contribution in [3.8, 4) is 0 Å². The van der Waals surface area contributed by atoms with E-state index in [0.717, 1.165) is 50.0 Å². The van der Waals surface area contributed by atoms with Crippen LogP contribution in [-0.4, -0.2) is 48.2 Å². The molecule has 2 aliphatic heterocycles. The summed E-state index contributed by atoms with van der Waals surface area (Å²) in [5.74, 6) is 3.33. The molecule has 0 aromatic rings. The number of hydrogen-bond donors (Lipinski definition) is 3. The van der Waals surface area contributed by atoms with Gasteiger partial charge in [-0.05, 0) is 100 Å². The summed E-state index contributed by atoms with van der Waals surface area (Å²) in [4.78, 5) is 11.8. The Morgan fingerprint density at radius 2 is 2.06 bits per heavy atom. The van der Waals surface area contributed by atoms with Crippen molar-refractivity contribution in [3.63, 3.8) is 0 Å². The summed E-state index contributed by atoms with van der Waals surface area (Å²) in [7, 11) is 0. The quantitative estimate of drug-likeness (QED) is 0.291. The van der Waals surface area contributed by atoms with Gasteiger partial charge in [0.15, 0.2) is 0 Å². The number of piperidine rings is 1. The lowest BCUT2D eigenvalue weighted by atomic mass is 9.52. The van der Waals surface area contributed by atoms with Gasteiger partial charge in [0.05, 0.1) is 18.2 Å². The molecule has 4 aliphatic carbocycles. The van der Waals surface area contributed by atoms with Crippen molar-refractivity contribution in [1.29, 1.82) is 0 Å². The zero-order valence-electron chi connectivity index (χ0n) is 21.9. The van der Waals surface area contributed by atoms with E-state index in [1.54, 1.807) is 11.1 Å². The van der Waals surface area contributed by atoms with Gasteiger partial charge in [-0.15, -0.1) is 0 Å². The average Bonchev–Trinajstić information content (AvgIpc) is 3.29. The van der Waals surface area contributed by atoms with Gasteiger partial charge in [-0.25, -0.2) is 0 Å². The fourth-order valence-corrected chi connectivity index (χ4v) is 10.2. The second-order valence-corrected chi connectivity index (χ2v) is 14.0. The van der Waals surface area contributed by atoms with Gasteiger partial charge in [-0.3, -0.25) is 4.79 Å². The van der Waals surface area contributed by atoms with E-state index in [1.807, 2.05) is 0 Å². The van der Waals surface area contributed by atoms with Gasteiger partial charge in [0, 0.05) is 23.8 Å². The van der Waals surface area contributed by atoms with Gasteiger partial charge in [-0.1, -0.05) is 25.0 Å². The zero-order valence-corrected chi connectivity index (χ0v) is 22.8. The number of carbonyl (C=O) groups excluding carboxylic acids is 1. The molecule has 3 saturated carbocycles. The second-order valence-electron chi connectivity index (χ2n) is 13.3. The van der Waals surface area contributed by atoms with Crippen molar-refractivity contribution < 1.29 is 14.3 Å². The highest BCUT2D eigenvalue weighted by Crippen LogP contribution is 2.65. The Balaban J connectivity index is 1.21. The fraction of sp³-hybridized carbons (Fsp3) is 0.897. The van der Waals surface area contributed by atoms with Crippen molar-refractivity contribution in [1.82, 2.24) is 5.32 Å². The number of rotatable bonds is 2. The number of hydrogen-bond acceptors (Lipinski definition) is 6. The third-order valence-electron chi connectivity index (χ3n) is 11.8. The van der Waals surface area contributed by atoms with E-state index in [1.165, 1.54) is 38.5 Å². The SMILES string of the molecule is CC1=C2C[C@H]3[C@@H](CC[C@@H]4C[C@H](OC(=O)CN)CC[C@@]43C)[C@@H]2CC[C@@]2(C1)O[C@@H]1C[C@H](S)CN[C@H]1[C@H]2C. The smallest absolute Gasteiger partial charge is 0.319 e. The highest BCUT2D eigenvalue weighted by molar-refractivity contribution is 7.81. The normalized spacial score (nSPS) is 51.3. The lowest BCUT2D eigenvalue weighted by Crippen LogP contribution is -2.49.